The van der Waals surface area contributed by atoms with Crippen LogP contribution in [0.15, 0.2) is 47.8 Å². The summed E-state index contributed by atoms with van der Waals surface area (Å²) in [4.78, 5) is 27.8. The number of methoxy groups -OCH3 is 1. The Hall–Kier alpha value is -3.59. The van der Waals surface area contributed by atoms with Crippen molar-refractivity contribution in [2.45, 2.75) is 20.0 Å². The van der Waals surface area contributed by atoms with Crippen LogP contribution < -0.4 is 25.3 Å². The van der Waals surface area contributed by atoms with Gasteiger partial charge in [-0.1, -0.05) is 17.7 Å². The van der Waals surface area contributed by atoms with Gasteiger partial charge in [-0.05, 0) is 31.2 Å². The van der Waals surface area contributed by atoms with Gasteiger partial charge in [0.2, 0.25) is 5.91 Å². The van der Waals surface area contributed by atoms with Crippen LogP contribution in [0.3, 0.4) is 0 Å². The SMILES string of the molecule is COc1ccc(NC(=O)Cc2csc(COc3ccc(C)cc3)n2)cc1OCC(N)=O. The zero-order valence-electron chi connectivity index (χ0n) is 17.2. The molecule has 0 saturated carbocycles. The number of nitrogens with zero attached hydrogens (tertiary/aromatic N) is 1. The molecular formula is C22H23N3O5S. The Labute approximate surface area is 184 Å². The van der Waals surface area contributed by atoms with Gasteiger partial charge in [0.15, 0.2) is 18.1 Å². The normalized spacial score (nSPS) is 10.4. The number of thiazole rings is 1. The molecule has 0 fully saturated rings. The van der Waals surface area contributed by atoms with E-state index in [0.29, 0.717) is 29.5 Å². The van der Waals surface area contributed by atoms with E-state index in [0.717, 1.165) is 10.8 Å². The number of hydrogen-bond acceptors (Lipinski definition) is 7. The van der Waals surface area contributed by atoms with Crippen molar-refractivity contribution in [1.29, 1.82) is 0 Å². The van der Waals surface area contributed by atoms with E-state index >= 15 is 0 Å². The Morgan fingerprint density at radius 3 is 2.58 bits per heavy atom. The number of amides is 2. The fourth-order valence-electron chi connectivity index (χ4n) is 2.66. The van der Waals surface area contributed by atoms with Crippen LogP contribution >= 0.6 is 11.3 Å². The lowest BCUT2D eigenvalue weighted by molar-refractivity contribution is -0.120. The smallest absolute Gasteiger partial charge is 0.255 e. The van der Waals surface area contributed by atoms with Gasteiger partial charge in [0.25, 0.3) is 5.91 Å². The first-order valence-electron chi connectivity index (χ1n) is 9.44. The maximum absolute atomic E-state index is 12.4. The van der Waals surface area contributed by atoms with Crippen molar-refractivity contribution in [2.24, 2.45) is 5.73 Å². The van der Waals surface area contributed by atoms with Crippen LogP contribution in [0.4, 0.5) is 5.69 Å². The Morgan fingerprint density at radius 1 is 1.10 bits per heavy atom. The highest BCUT2D eigenvalue weighted by Crippen LogP contribution is 2.30. The standard InChI is InChI=1S/C22H23N3O5S/c1-14-3-6-17(7-4-14)29-12-22-25-16(13-31-22)10-21(27)24-15-5-8-18(28-2)19(9-15)30-11-20(23)26/h3-9,13H,10-12H2,1-2H3,(H2,23,26)(H,24,27). The molecular weight excluding hydrogens is 418 g/mol. The van der Waals surface area contributed by atoms with Crippen LogP contribution in [0.1, 0.15) is 16.3 Å². The number of nitrogens with two attached hydrogens (primary N) is 1. The second kappa shape index (κ2) is 10.4. The number of aromatic nitrogens is 1. The largest absolute Gasteiger partial charge is 0.493 e. The lowest BCUT2D eigenvalue weighted by atomic mass is 10.2. The third-order valence-corrected chi connectivity index (χ3v) is 5.01. The van der Waals surface area contributed by atoms with Crippen LogP contribution in [0, 0.1) is 6.92 Å². The minimum atomic E-state index is -0.609. The average Bonchev–Trinajstić information content (AvgIpc) is 3.19. The van der Waals surface area contributed by atoms with Crippen molar-refractivity contribution in [2.75, 3.05) is 19.0 Å². The van der Waals surface area contributed by atoms with Gasteiger partial charge in [-0.25, -0.2) is 4.98 Å². The van der Waals surface area contributed by atoms with Gasteiger partial charge in [0.1, 0.15) is 17.4 Å². The average molecular weight is 442 g/mol. The highest BCUT2D eigenvalue weighted by Gasteiger charge is 2.12. The maximum Gasteiger partial charge on any atom is 0.255 e. The number of aryl methyl sites for hydroxylation is 1. The van der Waals surface area contributed by atoms with Crippen molar-refractivity contribution in [3.63, 3.8) is 0 Å². The number of benzene rings is 2. The summed E-state index contributed by atoms with van der Waals surface area (Å²) in [6, 6.07) is 12.7. The first-order chi connectivity index (χ1) is 14.9. The summed E-state index contributed by atoms with van der Waals surface area (Å²) in [6.45, 7) is 2.07. The molecule has 0 radical (unpaired) electrons. The molecule has 3 N–H and O–H groups in total. The van der Waals surface area contributed by atoms with Gasteiger partial charge in [-0.3, -0.25) is 9.59 Å². The van der Waals surface area contributed by atoms with Crippen LogP contribution in [0.25, 0.3) is 0 Å². The van der Waals surface area contributed by atoms with Crippen LogP contribution in [-0.4, -0.2) is 30.5 Å². The predicted octanol–water partition coefficient (Wildman–Crippen LogP) is 3.08. The minimum Gasteiger partial charge on any atom is -0.493 e. The lowest BCUT2D eigenvalue weighted by Gasteiger charge is -2.12. The number of nitrogens with one attached hydrogen (secondary N) is 1. The van der Waals surface area contributed by atoms with Crippen molar-refractivity contribution >= 4 is 28.8 Å². The van der Waals surface area contributed by atoms with Gasteiger partial charge in [-0.15, -0.1) is 11.3 Å². The zero-order chi connectivity index (χ0) is 22.2. The number of carbonyl (C=O) groups excluding carboxylic acids is 2. The molecule has 0 saturated heterocycles. The summed E-state index contributed by atoms with van der Waals surface area (Å²) in [6.07, 6.45) is 0.116. The zero-order valence-corrected chi connectivity index (χ0v) is 18.0. The highest BCUT2D eigenvalue weighted by atomic mass is 32.1. The molecule has 0 spiro atoms. The number of anilines is 1. The summed E-state index contributed by atoms with van der Waals surface area (Å²) < 4.78 is 16.2. The fraction of sp³-hybridized carbons (Fsp3) is 0.227. The predicted molar refractivity (Wildman–Crippen MR) is 118 cm³/mol. The first-order valence-corrected chi connectivity index (χ1v) is 10.3. The van der Waals surface area contributed by atoms with E-state index < -0.39 is 5.91 Å². The van der Waals surface area contributed by atoms with Crippen molar-refractivity contribution in [3.05, 3.63) is 64.1 Å². The molecule has 162 valence electrons. The third kappa shape index (κ3) is 6.71. The molecule has 0 bridgehead atoms. The van der Waals surface area contributed by atoms with Crippen LogP contribution in [-0.2, 0) is 22.6 Å². The van der Waals surface area contributed by atoms with E-state index in [-0.39, 0.29) is 18.9 Å². The monoisotopic (exact) mass is 441 g/mol. The highest BCUT2D eigenvalue weighted by molar-refractivity contribution is 7.09. The Balaban J connectivity index is 1.55. The van der Waals surface area contributed by atoms with Gasteiger partial charge in [-0.2, -0.15) is 0 Å². The molecule has 0 aliphatic carbocycles. The molecule has 3 rings (SSSR count). The van der Waals surface area contributed by atoms with Crippen molar-refractivity contribution in [3.8, 4) is 17.2 Å². The lowest BCUT2D eigenvalue weighted by Crippen LogP contribution is -2.20. The molecule has 31 heavy (non-hydrogen) atoms. The number of ether oxygens (including phenoxy) is 3. The Bertz CT molecular complexity index is 1050. The molecule has 8 nitrogen and oxygen atoms in total. The molecule has 2 aromatic carbocycles. The second-order valence-electron chi connectivity index (χ2n) is 6.68. The number of carbonyl (C=O) groups is 2. The van der Waals surface area contributed by atoms with Gasteiger partial charge >= 0.3 is 0 Å². The topological polar surface area (TPSA) is 113 Å². The second-order valence-corrected chi connectivity index (χ2v) is 7.62. The molecule has 0 aliphatic heterocycles. The van der Waals surface area contributed by atoms with Gasteiger partial charge in [0.05, 0.1) is 19.2 Å². The number of rotatable bonds is 10. The Morgan fingerprint density at radius 2 is 1.87 bits per heavy atom. The minimum absolute atomic E-state index is 0.116. The molecule has 2 amide bonds. The summed E-state index contributed by atoms with van der Waals surface area (Å²) in [7, 11) is 1.48. The maximum atomic E-state index is 12.4. The first kappa shape index (κ1) is 22.1. The third-order valence-electron chi connectivity index (χ3n) is 4.14. The molecule has 0 unspecified atom stereocenters. The molecule has 1 heterocycles. The van der Waals surface area contributed by atoms with E-state index in [1.165, 1.54) is 24.0 Å². The molecule has 0 aliphatic rings. The van der Waals surface area contributed by atoms with Crippen LogP contribution in [0.2, 0.25) is 0 Å². The van der Waals surface area contributed by atoms with E-state index in [1.54, 1.807) is 18.2 Å². The van der Waals surface area contributed by atoms with Gasteiger partial charge < -0.3 is 25.3 Å². The van der Waals surface area contributed by atoms with E-state index in [4.69, 9.17) is 19.9 Å². The summed E-state index contributed by atoms with van der Waals surface area (Å²) >= 11 is 1.44. The number of primary amides is 1. The van der Waals surface area contributed by atoms with E-state index in [1.807, 2.05) is 36.6 Å². The molecule has 0 atom stereocenters. The summed E-state index contributed by atoms with van der Waals surface area (Å²) in [5.74, 6) is 0.665. The number of hydrogen-bond donors (Lipinski definition) is 2. The van der Waals surface area contributed by atoms with Crippen LogP contribution in [0.5, 0.6) is 17.2 Å². The summed E-state index contributed by atoms with van der Waals surface area (Å²) in [5.41, 5.74) is 7.43. The summed E-state index contributed by atoms with van der Waals surface area (Å²) in [5, 5.41) is 5.41. The van der Waals surface area contributed by atoms with Gasteiger partial charge in [0, 0.05) is 17.1 Å². The fourth-order valence-corrected chi connectivity index (χ4v) is 3.37. The Kier molecular flexibility index (Phi) is 7.45. The van der Waals surface area contributed by atoms with Crippen molar-refractivity contribution in [1.82, 2.24) is 4.98 Å². The molecule has 3 aromatic rings. The van der Waals surface area contributed by atoms with E-state index in [9.17, 15) is 9.59 Å². The van der Waals surface area contributed by atoms with Crippen molar-refractivity contribution < 1.29 is 23.8 Å². The van der Waals surface area contributed by atoms with E-state index in [2.05, 4.69) is 10.3 Å². The quantitative estimate of drug-likeness (QED) is 0.500. The molecule has 9 heteroatoms. The molecule has 1 aromatic heterocycles.